The number of hydrogen-bond acceptors (Lipinski definition) is 3. The van der Waals surface area contributed by atoms with Crippen molar-refractivity contribution >= 4 is 11.6 Å². The van der Waals surface area contributed by atoms with Crippen LogP contribution in [-0.4, -0.2) is 12.5 Å². The first-order valence-electron chi connectivity index (χ1n) is 11.9. The number of carbonyl (C=O) groups excluding carboxylic acids is 1. The maximum Gasteiger partial charge on any atom is 0.291 e. The summed E-state index contributed by atoms with van der Waals surface area (Å²) in [5.74, 6) is 1.64. The summed E-state index contributed by atoms with van der Waals surface area (Å²) in [6.07, 6.45) is 3.06. The van der Waals surface area contributed by atoms with Crippen molar-refractivity contribution in [3.63, 3.8) is 0 Å². The number of furan rings is 1. The summed E-state index contributed by atoms with van der Waals surface area (Å²) in [4.78, 5) is 12.7. The molecular formula is C29H35NO3. The molecule has 0 bridgehead atoms. The van der Waals surface area contributed by atoms with Crippen molar-refractivity contribution in [2.24, 2.45) is 0 Å². The fourth-order valence-electron chi connectivity index (χ4n) is 4.73. The molecule has 1 aliphatic rings. The number of fused-ring (bicyclic) bond motifs is 1. The van der Waals surface area contributed by atoms with E-state index in [0.29, 0.717) is 24.5 Å². The number of aryl methyl sites for hydroxylation is 1. The number of benzene rings is 2. The van der Waals surface area contributed by atoms with Crippen LogP contribution in [0.4, 0.5) is 5.69 Å². The third-order valence-corrected chi connectivity index (χ3v) is 6.98. The number of anilines is 1. The van der Waals surface area contributed by atoms with E-state index in [1.165, 1.54) is 35.1 Å². The fraction of sp³-hybridized carbons (Fsp3) is 0.414. The van der Waals surface area contributed by atoms with Gasteiger partial charge in [0, 0.05) is 12.1 Å². The lowest BCUT2D eigenvalue weighted by Gasteiger charge is -2.42. The summed E-state index contributed by atoms with van der Waals surface area (Å²) in [6, 6.07) is 15.7. The van der Waals surface area contributed by atoms with E-state index in [9.17, 15) is 4.79 Å². The van der Waals surface area contributed by atoms with Crippen molar-refractivity contribution in [1.82, 2.24) is 0 Å². The molecule has 0 unspecified atom stereocenters. The number of hydrogen-bond donors (Lipinski definition) is 1. The molecule has 1 amide bonds. The summed E-state index contributed by atoms with van der Waals surface area (Å²) < 4.78 is 11.4. The summed E-state index contributed by atoms with van der Waals surface area (Å²) in [6.45, 7) is 14.1. The molecule has 2 aromatic carbocycles. The predicted molar refractivity (Wildman–Crippen MR) is 134 cm³/mol. The molecule has 1 heterocycles. The molecule has 0 spiro atoms. The van der Waals surface area contributed by atoms with Gasteiger partial charge in [-0.3, -0.25) is 4.79 Å². The first-order valence-corrected chi connectivity index (χ1v) is 11.9. The van der Waals surface area contributed by atoms with Crippen LogP contribution in [-0.2, 0) is 17.3 Å². The standard InChI is InChI=1S/C29H35NO3/c1-7-32-22-10-8-21(9-11-22)30-27(31)26-13-12-23(33-26)17-20-18-25-24(16-19(20)2)28(3,4)14-15-29(25,5)6/h8-13,16,18H,7,14-15,17H2,1-6H3,(H,30,31). The molecule has 174 valence electrons. The molecule has 0 atom stereocenters. The highest BCUT2D eigenvalue weighted by atomic mass is 16.5. The Morgan fingerprint density at radius 2 is 1.61 bits per heavy atom. The van der Waals surface area contributed by atoms with Crippen LogP contribution >= 0.6 is 0 Å². The van der Waals surface area contributed by atoms with E-state index in [4.69, 9.17) is 9.15 Å². The van der Waals surface area contributed by atoms with Crippen LogP contribution in [0.1, 0.15) is 86.0 Å². The van der Waals surface area contributed by atoms with Crippen molar-refractivity contribution in [1.29, 1.82) is 0 Å². The highest BCUT2D eigenvalue weighted by molar-refractivity contribution is 6.02. The minimum Gasteiger partial charge on any atom is -0.494 e. The van der Waals surface area contributed by atoms with E-state index in [0.717, 1.165) is 11.5 Å². The number of ether oxygens (including phenoxy) is 1. The molecule has 3 aromatic rings. The van der Waals surface area contributed by atoms with Gasteiger partial charge in [-0.15, -0.1) is 0 Å². The van der Waals surface area contributed by atoms with Gasteiger partial charge in [-0.25, -0.2) is 0 Å². The highest BCUT2D eigenvalue weighted by Crippen LogP contribution is 2.46. The smallest absolute Gasteiger partial charge is 0.291 e. The van der Waals surface area contributed by atoms with Gasteiger partial charge >= 0.3 is 0 Å². The van der Waals surface area contributed by atoms with Gasteiger partial charge in [0.25, 0.3) is 5.91 Å². The van der Waals surface area contributed by atoms with Crippen LogP contribution in [0.5, 0.6) is 5.75 Å². The second-order valence-corrected chi connectivity index (χ2v) is 10.4. The Morgan fingerprint density at radius 3 is 2.24 bits per heavy atom. The SMILES string of the molecule is CCOc1ccc(NC(=O)c2ccc(Cc3cc4c(cc3C)C(C)(C)CCC4(C)C)o2)cc1. The van der Waals surface area contributed by atoms with Gasteiger partial charge in [-0.1, -0.05) is 39.8 Å². The lowest BCUT2D eigenvalue weighted by atomic mass is 9.62. The predicted octanol–water partition coefficient (Wildman–Crippen LogP) is 7.18. The van der Waals surface area contributed by atoms with Crippen LogP contribution < -0.4 is 10.1 Å². The van der Waals surface area contributed by atoms with E-state index >= 15 is 0 Å². The molecule has 33 heavy (non-hydrogen) atoms. The molecule has 0 fully saturated rings. The van der Waals surface area contributed by atoms with E-state index in [2.05, 4.69) is 52.1 Å². The number of nitrogens with one attached hydrogen (secondary N) is 1. The summed E-state index contributed by atoms with van der Waals surface area (Å²) in [5.41, 5.74) is 6.51. The zero-order chi connectivity index (χ0) is 23.8. The first-order chi connectivity index (χ1) is 15.6. The van der Waals surface area contributed by atoms with Crippen LogP contribution in [0.3, 0.4) is 0 Å². The van der Waals surface area contributed by atoms with Crippen molar-refractivity contribution < 1.29 is 13.9 Å². The molecule has 4 heteroatoms. The Hall–Kier alpha value is -3.01. The van der Waals surface area contributed by atoms with E-state index < -0.39 is 0 Å². The molecular weight excluding hydrogens is 410 g/mol. The minimum atomic E-state index is -0.254. The van der Waals surface area contributed by atoms with Crippen molar-refractivity contribution in [2.75, 3.05) is 11.9 Å². The van der Waals surface area contributed by atoms with Crippen LogP contribution in [0.25, 0.3) is 0 Å². The van der Waals surface area contributed by atoms with Gasteiger partial charge in [-0.2, -0.15) is 0 Å². The maximum absolute atomic E-state index is 12.7. The van der Waals surface area contributed by atoms with Crippen LogP contribution in [0.15, 0.2) is 52.9 Å². The van der Waals surface area contributed by atoms with Gasteiger partial charge in [0.2, 0.25) is 0 Å². The highest BCUT2D eigenvalue weighted by Gasteiger charge is 2.37. The average molecular weight is 446 g/mol. The Bertz CT molecular complexity index is 1150. The zero-order valence-corrected chi connectivity index (χ0v) is 20.7. The Labute approximate surface area is 197 Å². The quantitative estimate of drug-likeness (QED) is 0.437. The lowest BCUT2D eigenvalue weighted by molar-refractivity contribution is 0.0995. The Morgan fingerprint density at radius 1 is 0.970 bits per heavy atom. The zero-order valence-electron chi connectivity index (χ0n) is 20.7. The van der Waals surface area contributed by atoms with Gasteiger partial charge in [0.15, 0.2) is 5.76 Å². The van der Waals surface area contributed by atoms with Gasteiger partial charge < -0.3 is 14.5 Å². The summed E-state index contributed by atoms with van der Waals surface area (Å²) >= 11 is 0. The second kappa shape index (κ2) is 8.74. The molecule has 0 radical (unpaired) electrons. The molecule has 0 aliphatic heterocycles. The third kappa shape index (κ3) is 4.85. The second-order valence-electron chi connectivity index (χ2n) is 10.4. The van der Waals surface area contributed by atoms with Crippen molar-refractivity contribution in [3.8, 4) is 5.75 Å². The minimum absolute atomic E-state index is 0.166. The summed E-state index contributed by atoms with van der Waals surface area (Å²) in [5, 5.41) is 2.89. The van der Waals surface area contributed by atoms with Crippen molar-refractivity contribution in [3.05, 3.63) is 82.3 Å². The molecule has 4 nitrogen and oxygen atoms in total. The first kappa shape index (κ1) is 23.2. The third-order valence-electron chi connectivity index (χ3n) is 6.98. The van der Waals surface area contributed by atoms with E-state index in [-0.39, 0.29) is 16.7 Å². The lowest BCUT2D eigenvalue weighted by Crippen LogP contribution is -2.34. The Balaban J connectivity index is 1.51. The Kier molecular flexibility index (Phi) is 6.13. The average Bonchev–Trinajstić information content (AvgIpc) is 3.23. The van der Waals surface area contributed by atoms with E-state index in [1.807, 2.05) is 37.3 Å². The fourth-order valence-corrected chi connectivity index (χ4v) is 4.73. The molecule has 1 aliphatic carbocycles. The maximum atomic E-state index is 12.7. The number of amides is 1. The normalized spacial score (nSPS) is 16.2. The van der Waals surface area contributed by atoms with E-state index in [1.54, 1.807) is 6.07 Å². The molecule has 4 rings (SSSR count). The van der Waals surface area contributed by atoms with Crippen LogP contribution in [0.2, 0.25) is 0 Å². The monoisotopic (exact) mass is 445 g/mol. The van der Waals surface area contributed by atoms with Gasteiger partial charge in [0.1, 0.15) is 11.5 Å². The molecule has 1 aromatic heterocycles. The van der Waals surface area contributed by atoms with Crippen LogP contribution in [0, 0.1) is 6.92 Å². The molecule has 0 saturated heterocycles. The largest absolute Gasteiger partial charge is 0.494 e. The number of carbonyl (C=O) groups is 1. The topological polar surface area (TPSA) is 51.5 Å². The molecule has 0 saturated carbocycles. The van der Waals surface area contributed by atoms with Crippen molar-refractivity contribution in [2.45, 2.75) is 71.6 Å². The van der Waals surface area contributed by atoms with Gasteiger partial charge in [0.05, 0.1) is 6.61 Å². The van der Waals surface area contributed by atoms with Gasteiger partial charge in [-0.05, 0) is 96.2 Å². The summed E-state index contributed by atoms with van der Waals surface area (Å²) in [7, 11) is 0. The number of rotatable bonds is 6. The molecule has 1 N–H and O–H groups in total.